The summed E-state index contributed by atoms with van der Waals surface area (Å²) in [5.41, 5.74) is 1.23. The van der Waals surface area contributed by atoms with Gasteiger partial charge in [0.1, 0.15) is 17.7 Å². The van der Waals surface area contributed by atoms with E-state index < -0.39 is 12.2 Å². The van der Waals surface area contributed by atoms with Gasteiger partial charge in [0.05, 0.1) is 32.4 Å². The summed E-state index contributed by atoms with van der Waals surface area (Å²) in [6.45, 7) is 0.352. The molecule has 1 aromatic heterocycles. The number of anilines is 1. The van der Waals surface area contributed by atoms with Crippen LogP contribution in [0.2, 0.25) is 0 Å². The van der Waals surface area contributed by atoms with Gasteiger partial charge in [0.2, 0.25) is 0 Å². The lowest BCUT2D eigenvalue weighted by atomic mass is 10.0. The first-order valence-electron chi connectivity index (χ1n) is 10.5. The molecule has 0 bridgehead atoms. The van der Waals surface area contributed by atoms with E-state index in [9.17, 15) is 14.3 Å². The minimum Gasteiger partial charge on any atom is -0.497 e. The van der Waals surface area contributed by atoms with Gasteiger partial charge in [-0.1, -0.05) is 18.2 Å². The highest BCUT2D eigenvalue weighted by Crippen LogP contribution is 2.23. The number of ether oxygens (including phenoxy) is 2. The Morgan fingerprint density at radius 3 is 2.78 bits per heavy atom. The molecule has 3 N–H and O–H groups in total. The first-order chi connectivity index (χ1) is 15.6. The molecular weight excluding hydrogens is 413 g/mol. The fourth-order valence-electron chi connectivity index (χ4n) is 3.73. The molecule has 0 saturated carbocycles. The molecule has 32 heavy (non-hydrogen) atoms. The van der Waals surface area contributed by atoms with Crippen molar-refractivity contribution in [3.05, 3.63) is 65.9 Å². The molecule has 4 rings (SSSR count). The third kappa shape index (κ3) is 4.98. The predicted molar refractivity (Wildman–Crippen MR) is 120 cm³/mol. The number of rotatable bonds is 7. The number of hydrogen-bond donors (Lipinski definition) is 3. The molecule has 0 radical (unpaired) electrons. The first-order valence-corrected chi connectivity index (χ1v) is 10.5. The van der Waals surface area contributed by atoms with Gasteiger partial charge >= 0.3 is 0 Å². The highest BCUT2D eigenvalue weighted by molar-refractivity contribution is 5.99. The van der Waals surface area contributed by atoms with Crippen LogP contribution in [0.4, 0.5) is 10.2 Å². The smallest absolute Gasteiger partial charge is 0.251 e. The summed E-state index contributed by atoms with van der Waals surface area (Å²) in [6.07, 6.45) is 1.17. The van der Waals surface area contributed by atoms with Gasteiger partial charge in [-0.05, 0) is 47.7 Å². The lowest BCUT2D eigenvalue weighted by molar-refractivity contribution is 0.0285. The van der Waals surface area contributed by atoms with E-state index in [0.29, 0.717) is 30.2 Å². The third-order valence-electron chi connectivity index (χ3n) is 5.61. The number of methoxy groups -OCH3 is 1. The maximum absolute atomic E-state index is 14.1. The highest BCUT2D eigenvalue weighted by atomic mass is 19.1. The van der Waals surface area contributed by atoms with Crippen LogP contribution in [0.3, 0.4) is 0 Å². The van der Waals surface area contributed by atoms with Crippen molar-refractivity contribution in [3.8, 4) is 5.75 Å². The topological polar surface area (TPSA) is 92.7 Å². The molecule has 1 aliphatic heterocycles. The second-order valence-electron chi connectivity index (χ2n) is 7.74. The minimum absolute atomic E-state index is 0.0792. The SMILES string of the molecule is COc1ccc([C@@H](CO)NC(=O)c2ccc3cnc(N[C@H]4CCOC[C@H]4F)cc3c2)cc1. The number of carbonyl (C=O) groups excluding carboxylic acids is 1. The number of aromatic nitrogens is 1. The number of aliphatic hydroxyl groups excluding tert-OH is 1. The average molecular weight is 439 g/mol. The number of halogens is 1. The minimum atomic E-state index is -1.09. The maximum Gasteiger partial charge on any atom is 0.251 e. The van der Waals surface area contributed by atoms with E-state index in [1.165, 1.54) is 0 Å². The number of nitrogens with zero attached hydrogens (tertiary/aromatic N) is 1. The molecule has 3 aromatic rings. The molecule has 2 aromatic carbocycles. The quantitative estimate of drug-likeness (QED) is 0.523. The van der Waals surface area contributed by atoms with E-state index in [-0.39, 0.29) is 25.2 Å². The van der Waals surface area contributed by atoms with Crippen LogP contribution in [-0.4, -0.2) is 55.1 Å². The van der Waals surface area contributed by atoms with E-state index in [1.54, 1.807) is 55.8 Å². The van der Waals surface area contributed by atoms with Gasteiger partial charge in [-0.2, -0.15) is 0 Å². The van der Waals surface area contributed by atoms with Gasteiger partial charge in [0.25, 0.3) is 5.91 Å². The standard InChI is InChI=1S/C24H26FN3O4/c1-31-19-6-4-15(5-7-19)22(13-29)28-24(30)16-2-3-17-12-26-23(11-18(17)10-16)27-21-8-9-32-14-20(21)25/h2-7,10-12,20-22,29H,8-9,13-14H2,1H3,(H,26,27)(H,28,30)/t20-,21+,22-/m1/s1. The number of carbonyl (C=O) groups is 1. The Hall–Kier alpha value is -3.23. The van der Waals surface area contributed by atoms with Crippen molar-refractivity contribution in [2.75, 3.05) is 32.2 Å². The van der Waals surface area contributed by atoms with E-state index >= 15 is 0 Å². The Bertz CT molecular complexity index is 1080. The van der Waals surface area contributed by atoms with E-state index in [0.717, 1.165) is 16.3 Å². The Balaban J connectivity index is 1.50. The van der Waals surface area contributed by atoms with Crippen molar-refractivity contribution in [1.29, 1.82) is 0 Å². The Kier molecular flexibility index (Phi) is 6.82. The Labute approximate surface area is 185 Å². The largest absolute Gasteiger partial charge is 0.497 e. The number of alkyl halides is 1. The molecule has 1 fully saturated rings. The average Bonchev–Trinajstić information content (AvgIpc) is 2.83. The first kappa shape index (κ1) is 22.0. The summed E-state index contributed by atoms with van der Waals surface area (Å²) < 4.78 is 24.4. The number of benzene rings is 2. The third-order valence-corrected chi connectivity index (χ3v) is 5.61. The number of fused-ring (bicyclic) bond motifs is 1. The van der Waals surface area contributed by atoms with Crippen LogP contribution < -0.4 is 15.4 Å². The van der Waals surface area contributed by atoms with Gasteiger partial charge in [-0.15, -0.1) is 0 Å². The highest BCUT2D eigenvalue weighted by Gasteiger charge is 2.25. The van der Waals surface area contributed by atoms with Crippen molar-refractivity contribution in [3.63, 3.8) is 0 Å². The van der Waals surface area contributed by atoms with Gasteiger partial charge < -0.3 is 25.2 Å². The number of hydrogen-bond acceptors (Lipinski definition) is 6. The van der Waals surface area contributed by atoms with Gasteiger partial charge in [0.15, 0.2) is 0 Å². The molecule has 1 amide bonds. The van der Waals surface area contributed by atoms with Gasteiger partial charge in [-0.3, -0.25) is 4.79 Å². The van der Waals surface area contributed by atoms with Crippen molar-refractivity contribution in [2.24, 2.45) is 0 Å². The Morgan fingerprint density at radius 2 is 2.06 bits per heavy atom. The molecule has 168 valence electrons. The lowest BCUT2D eigenvalue weighted by Gasteiger charge is -2.27. The van der Waals surface area contributed by atoms with Crippen LogP contribution in [0.15, 0.2) is 54.7 Å². The van der Waals surface area contributed by atoms with Crippen LogP contribution in [0.5, 0.6) is 5.75 Å². The molecule has 1 saturated heterocycles. The van der Waals surface area contributed by atoms with Gasteiger partial charge in [-0.25, -0.2) is 9.37 Å². The van der Waals surface area contributed by atoms with E-state index in [1.807, 2.05) is 6.07 Å². The fourth-order valence-corrected chi connectivity index (χ4v) is 3.73. The zero-order valence-corrected chi connectivity index (χ0v) is 17.8. The number of nitrogens with one attached hydrogen (secondary N) is 2. The summed E-state index contributed by atoms with van der Waals surface area (Å²) in [5.74, 6) is 0.946. The normalized spacial score (nSPS) is 19.3. The van der Waals surface area contributed by atoms with Crippen LogP contribution >= 0.6 is 0 Å². The van der Waals surface area contributed by atoms with Crippen molar-refractivity contribution < 1.29 is 23.8 Å². The summed E-state index contributed by atoms with van der Waals surface area (Å²) in [5, 5.41) is 17.5. The summed E-state index contributed by atoms with van der Waals surface area (Å²) >= 11 is 0. The van der Waals surface area contributed by atoms with Crippen LogP contribution in [0.25, 0.3) is 10.8 Å². The molecular formula is C24H26FN3O4. The zero-order chi connectivity index (χ0) is 22.5. The molecule has 3 atom stereocenters. The summed E-state index contributed by atoms with van der Waals surface area (Å²) in [4.78, 5) is 17.2. The summed E-state index contributed by atoms with van der Waals surface area (Å²) in [7, 11) is 1.58. The number of pyridine rings is 1. The maximum atomic E-state index is 14.1. The number of amides is 1. The fraction of sp³-hybridized carbons (Fsp3) is 0.333. The summed E-state index contributed by atoms with van der Waals surface area (Å²) in [6, 6.07) is 13.4. The number of aliphatic hydroxyl groups is 1. The second-order valence-corrected chi connectivity index (χ2v) is 7.74. The molecule has 8 heteroatoms. The van der Waals surface area contributed by atoms with E-state index in [2.05, 4.69) is 15.6 Å². The predicted octanol–water partition coefficient (Wildman–Crippen LogP) is 3.25. The van der Waals surface area contributed by atoms with Crippen LogP contribution in [0, 0.1) is 0 Å². The van der Waals surface area contributed by atoms with Crippen molar-refractivity contribution in [1.82, 2.24) is 10.3 Å². The molecule has 0 unspecified atom stereocenters. The van der Waals surface area contributed by atoms with Crippen LogP contribution in [0.1, 0.15) is 28.4 Å². The molecule has 7 nitrogen and oxygen atoms in total. The van der Waals surface area contributed by atoms with Crippen molar-refractivity contribution in [2.45, 2.75) is 24.7 Å². The van der Waals surface area contributed by atoms with E-state index in [4.69, 9.17) is 9.47 Å². The second kappa shape index (κ2) is 9.93. The molecule has 2 heterocycles. The van der Waals surface area contributed by atoms with Crippen LogP contribution in [-0.2, 0) is 4.74 Å². The lowest BCUT2D eigenvalue weighted by Crippen LogP contribution is -2.39. The Morgan fingerprint density at radius 1 is 1.25 bits per heavy atom. The molecule has 0 spiro atoms. The van der Waals surface area contributed by atoms with Gasteiger partial charge in [0, 0.05) is 23.8 Å². The van der Waals surface area contributed by atoms with Crippen molar-refractivity contribution >= 4 is 22.5 Å². The molecule has 1 aliphatic rings. The zero-order valence-electron chi connectivity index (χ0n) is 17.8. The monoisotopic (exact) mass is 439 g/mol. The molecule has 0 aliphatic carbocycles.